The van der Waals surface area contributed by atoms with Crippen molar-refractivity contribution in [3.05, 3.63) is 54.1 Å². The lowest BCUT2D eigenvalue weighted by atomic mass is 10.0. The van der Waals surface area contributed by atoms with Gasteiger partial charge < -0.3 is 14.5 Å². The number of ether oxygens (including phenoxy) is 1. The van der Waals surface area contributed by atoms with Crippen molar-refractivity contribution in [1.82, 2.24) is 9.80 Å². The second-order valence-electron chi connectivity index (χ2n) is 7.97. The van der Waals surface area contributed by atoms with Gasteiger partial charge in [0.05, 0.1) is 12.7 Å². The number of carbonyl (C=O) groups is 1. The first kappa shape index (κ1) is 21.1. The molecule has 2 heterocycles. The molecule has 1 amide bonds. The number of benzene rings is 2. The van der Waals surface area contributed by atoms with E-state index < -0.39 is 0 Å². The van der Waals surface area contributed by atoms with Crippen molar-refractivity contribution in [3.63, 3.8) is 0 Å². The lowest BCUT2D eigenvalue weighted by molar-refractivity contribution is 0.0560. The van der Waals surface area contributed by atoms with Gasteiger partial charge in [0, 0.05) is 55.9 Å². The standard InChI is InChI=1S/C24H31N3O2S/c1-29-21-11-9-19(10-12-21)25-14-16-26(17-15-25)20-6-5-13-27(18-20)24(28)22-7-3-4-8-23(22)30-2/h3-4,7-12,20H,5-6,13-18H2,1-2H3/t20-/m0/s1. The molecule has 1 atom stereocenters. The van der Waals surface area contributed by atoms with Crippen LogP contribution in [0.4, 0.5) is 5.69 Å². The molecule has 2 fully saturated rings. The average molecular weight is 426 g/mol. The number of carbonyl (C=O) groups excluding carboxylic acids is 1. The zero-order chi connectivity index (χ0) is 20.9. The highest BCUT2D eigenvalue weighted by Gasteiger charge is 2.31. The van der Waals surface area contributed by atoms with Crippen molar-refractivity contribution in [2.24, 2.45) is 0 Å². The van der Waals surface area contributed by atoms with E-state index in [9.17, 15) is 4.79 Å². The maximum atomic E-state index is 13.2. The number of anilines is 1. The molecule has 0 bridgehead atoms. The van der Waals surface area contributed by atoms with Gasteiger partial charge in [-0.3, -0.25) is 9.69 Å². The highest BCUT2D eigenvalue weighted by Crippen LogP contribution is 2.26. The number of methoxy groups -OCH3 is 1. The summed E-state index contributed by atoms with van der Waals surface area (Å²) >= 11 is 1.65. The molecule has 30 heavy (non-hydrogen) atoms. The van der Waals surface area contributed by atoms with Crippen molar-refractivity contribution in [1.29, 1.82) is 0 Å². The van der Waals surface area contributed by atoms with Crippen LogP contribution in [0.25, 0.3) is 0 Å². The molecule has 6 heteroatoms. The molecule has 5 nitrogen and oxygen atoms in total. The molecule has 4 rings (SSSR count). The summed E-state index contributed by atoms with van der Waals surface area (Å²) in [5.41, 5.74) is 2.10. The third-order valence-electron chi connectivity index (χ3n) is 6.29. The molecule has 2 aromatic rings. The normalized spacial score (nSPS) is 20.3. The van der Waals surface area contributed by atoms with Crippen LogP contribution in [0.5, 0.6) is 5.75 Å². The third kappa shape index (κ3) is 4.60. The van der Waals surface area contributed by atoms with Crippen molar-refractivity contribution < 1.29 is 9.53 Å². The van der Waals surface area contributed by atoms with Gasteiger partial charge in [-0.15, -0.1) is 11.8 Å². The third-order valence-corrected chi connectivity index (χ3v) is 7.09. The Bertz CT molecular complexity index is 850. The fourth-order valence-electron chi connectivity index (χ4n) is 4.57. The van der Waals surface area contributed by atoms with Crippen LogP contribution < -0.4 is 9.64 Å². The number of hydrogen-bond donors (Lipinski definition) is 0. The van der Waals surface area contributed by atoms with Gasteiger partial charge in [-0.1, -0.05) is 12.1 Å². The number of rotatable bonds is 5. The van der Waals surface area contributed by atoms with E-state index in [0.717, 1.165) is 61.9 Å². The van der Waals surface area contributed by atoms with E-state index in [1.54, 1.807) is 18.9 Å². The Balaban J connectivity index is 1.35. The Morgan fingerprint density at radius 2 is 1.73 bits per heavy atom. The maximum absolute atomic E-state index is 13.2. The summed E-state index contributed by atoms with van der Waals surface area (Å²) < 4.78 is 5.27. The van der Waals surface area contributed by atoms with Crippen molar-refractivity contribution in [2.75, 3.05) is 57.5 Å². The number of nitrogens with zero attached hydrogens (tertiary/aromatic N) is 3. The quantitative estimate of drug-likeness (QED) is 0.680. The summed E-state index contributed by atoms with van der Waals surface area (Å²) in [6.45, 7) is 5.83. The Hall–Kier alpha value is -2.18. The molecule has 0 unspecified atom stereocenters. The van der Waals surface area contributed by atoms with E-state index in [1.165, 1.54) is 12.1 Å². The Morgan fingerprint density at radius 1 is 1.00 bits per heavy atom. The maximum Gasteiger partial charge on any atom is 0.255 e. The predicted molar refractivity (Wildman–Crippen MR) is 124 cm³/mol. The van der Waals surface area contributed by atoms with Crippen LogP contribution in [0.3, 0.4) is 0 Å². The Kier molecular flexibility index (Phi) is 6.85. The summed E-state index contributed by atoms with van der Waals surface area (Å²) in [6.07, 6.45) is 4.29. The van der Waals surface area contributed by atoms with E-state index in [1.807, 2.05) is 42.7 Å². The molecule has 0 spiro atoms. The highest BCUT2D eigenvalue weighted by molar-refractivity contribution is 7.98. The monoisotopic (exact) mass is 425 g/mol. The van der Waals surface area contributed by atoms with Crippen molar-refractivity contribution >= 4 is 23.4 Å². The number of likely N-dealkylation sites (tertiary alicyclic amines) is 1. The summed E-state index contributed by atoms with van der Waals surface area (Å²) in [5.74, 6) is 1.08. The van der Waals surface area contributed by atoms with E-state index in [-0.39, 0.29) is 5.91 Å². The summed E-state index contributed by atoms with van der Waals surface area (Å²) in [5, 5.41) is 0. The van der Waals surface area contributed by atoms with Crippen LogP contribution in [0.1, 0.15) is 23.2 Å². The molecule has 2 aliphatic heterocycles. The molecule has 0 radical (unpaired) electrons. The lowest BCUT2D eigenvalue weighted by Gasteiger charge is -2.44. The number of piperazine rings is 1. The minimum Gasteiger partial charge on any atom is -0.497 e. The van der Waals surface area contributed by atoms with Gasteiger partial charge in [0.2, 0.25) is 0 Å². The number of amides is 1. The topological polar surface area (TPSA) is 36.0 Å². The van der Waals surface area contributed by atoms with Gasteiger partial charge in [-0.05, 0) is 55.5 Å². The van der Waals surface area contributed by atoms with E-state index in [4.69, 9.17) is 4.74 Å². The van der Waals surface area contributed by atoms with Crippen LogP contribution in [0.2, 0.25) is 0 Å². The second-order valence-corrected chi connectivity index (χ2v) is 8.82. The molecule has 0 saturated carbocycles. The number of piperidine rings is 1. The first-order valence-corrected chi connectivity index (χ1v) is 12.0. The molecule has 2 saturated heterocycles. The number of thioether (sulfide) groups is 1. The fraction of sp³-hybridized carbons (Fsp3) is 0.458. The smallest absolute Gasteiger partial charge is 0.255 e. The van der Waals surface area contributed by atoms with Crippen LogP contribution in [-0.2, 0) is 0 Å². The lowest BCUT2D eigenvalue weighted by Crippen LogP contribution is -2.55. The highest BCUT2D eigenvalue weighted by atomic mass is 32.2. The first-order valence-electron chi connectivity index (χ1n) is 10.7. The Morgan fingerprint density at radius 3 is 2.43 bits per heavy atom. The van der Waals surface area contributed by atoms with Crippen molar-refractivity contribution in [3.8, 4) is 5.75 Å². The zero-order valence-corrected chi connectivity index (χ0v) is 18.7. The molecule has 2 aromatic carbocycles. The average Bonchev–Trinajstić information content (AvgIpc) is 2.84. The van der Waals surface area contributed by atoms with Crippen LogP contribution >= 0.6 is 11.8 Å². The minimum atomic E-state index is 0.182. The molecular formula is C24H31N3O2S. The van der Waals surface area contributed by atoms with Crippen LogP contribution in [-0.4, -0.2) is 74.4 Å². The van der Waals surface area contributed by atoms with Gasteiger partial charge in [-0.25, -0.2) is 0 Å². The van der Waals surface area contributed by atoms with Gasteiger partial charge >= 0.3 is 0 Å². The largest absolute Gasteiger partial charge is 0.497 e. The zero-order valence-electron chi connectivity index (χ0n) is 17.9. The molecule has 0 aromatic heterocycles. The summed E-state index contributed by atoms with van der Waals surface area (Å²) in [7, 11) is 1.70. The van der Waals surface area contributed by atoms with Crippen LogP contribution in [0.15, 0.2) is 53.4 Å². The molecule has 0 aliphatic carbocycles. The predicted octanol–water partition coefficient (Wildman–Crippen LogP) is 3.84. The van der Waals surface area contributed by atoms with Crippen molar-refractivity contribution in [2.45, 2.75) is 23.8 Å². The SMILES string of the molecule is COc1ccc(N2CCN([C@H]3CCCN(C(=O)c4ccccc4SC)C3)CC2)cc1. The van der Waals surface area contributed by atoms with E-state index >= 15 is 0 Å². The fourth-order valence-corrected chi connectivity index (χ4v) is 5.16. The molecule has 2 aliphatic rings. The number of hydrogen-bond acceptors (Lipinski definition) is 5. The van der Waals surface area contributed by atoms with E-state index in [2.05, 4.69) is 26.8 Å². The van der Waals surface area contributed by atoms with Gasteiger partial charge in [0.15, 0.2) is 0 Å². The van der Waals surface area contributed by atoms with E-state index in [0.29, 0.717) is 6.04 Å². The van der Waals surface area contributed by atoms with Gasteiger partial charge in [-0.2, -0.15) is 0 Å². The summed E-state index contributed by atoms with van der Waals surface area (Å²) in [4.78, 5) is 21.3. The molecule has 160 valence electrons. The molecular weight excluding hydrogens is 394 g/mol. The molecule has 0 N–H and O–H groups in total. The second kappa shape index (κ2) is 9.75. The first-order chi connectivity index (χ1) is 14.7. The van der Waals surface area contributed by atoms with Gasteiger partial charge in [0.1, 0.15) is 5.75 Å². The van der Waals surface area contributed by atoms with Crippen LogP contribution in [0, 0.1) is 0 Å². The van der Waals surface area contributed by atoms with Gasteiger partial charge in [0.25, 0.3) is 5.91 Å². The summed E-state index contributed by atoms with van der Waals surface area (Å²) in [6, 6.07) is 16.8. The Labute approximate surface area is 184 Å². The minimum absolute atomic E-state index is 0.182.